The second kappa shape index (κ2) is 11.2. The van der Waals surface area contributed by atoms with Crippen molar-refractivity contribution >= 4 is 34.3 Å². The highest BCUT2D eigenvalue weighted by atomic mass is 32.2. The van der Waals surface area contributed by atoms with Crippen LogP contribution in [0.1, 0.15) is 22.8 Å². The van der Waals surface area contributed by atoms with Crippen LogP contribution in [0, 0.1) is 6.92 Å². The van der Waals surface area contributed by atoms with Crippen molar-refractivity contribution in [1.82, 2.24) is 9.55 Å². The number of hydrogen-bond acceptors (Lipinski definition) is 6. The zero-order valence-corrected chi connectivity index (χ0v) is 20.4. The van der Waals surface area contributed by atoms with Gasteiger partial charge in [-0.3, -0.25) is 14.2 Å². The van der Waals surface area contributed by atoms with Crippen LogP contribution in [0.2, 0.25) is 0 Å². The molecule has 0 fully saturated rings. The smallest absolute Gasteiger partial charge is 0.262 e. The molecule has 0 aliphatic heterocycles. The number of carbonyl (C=O) groups excluding carboxylic acids is 1. The van der Waals surface area contributed by atoms with Gasteiger partial charge in [-0.25, -0.2) is 4.98 Å². The number of anilines is 1. The molecule has 0 aliphatic rings. The Balaban J connectivity index is 1.77. The number of carbonyl (C=O) groups is 1. The SMILES string of the molecule is COc1ccc(C)cc1NC(=O)[C@@H](Sc1nc2ccccc2c(=O)n1CCCO)c1ccccc1. The molecule has 0 saturated carbocycles. The lowest BCUT2D eigenvalue weighted by Crippen LogP contribution is -2.26. The minimum absolute atomic E-state index is 0.0564. The van der Waals surface area contributed by atoms with Gasteiger partial charge in [-0.05, 0) is 48.7 Å². The maximum Gasteiger partial charge on any atom is 0.262 e. The molecular weight excluding hydrogens is 462 g/mol. The molecule has 0 saturated heterocycles. The van der Waals surface area contributed by atoms with Crippen molar-refractivity contribution in [3.05, 3.63) is 94.3 Å². The van der Waals surface area contributed by atoms with Crippen LogP contribution in [0.4, 0.5) is 5.69 Å². The van der Waals surface area contributed by atoms with Gasteiger partial charge in [0.15, 0.2) is 5.16 Å². The Hall–Kier alpha value is -3.62. The molecule has 0 aliphatic carbocycles. The molecule has 0 spiro atoms. The number of aliphatic hydroxyl groups is 1. The number of amides is 1. The predicted octanol–water partition coefficient (Wildman–Crippen LogP) is 4.57. The first-order chi connectivity index (χ1) is 17.0. The van der Waals surface area contributed by atoms with E-state index in [1.165, 1.54) is 11.8 Å². The van der Waals surface area contributed by atoms with Crippen LogP contribution in [-0.4, -0.2) is 34.3 Å². The first kappa shape index (κ1) is 24.5. The van der Waals surface area contributed by atoms with Crippen molar-refractivity contribution in [1.29, 1.82) is 0 Å². The number of ether oxygens (including phenoxy) is 1. The molecule has 1 aromatic heterocycles. The average Bonchev–Trinajstić information content (AvgIpc) is 2.87. The van der Waals surface area contributed by atoms with Gasteiger partial charge in [0, 0.05) is 13.2 Å². The number of rotatable bonds is 9. The summed E-state index contributed by atoms with van der Waals surface area (Å²) >= 11 is 1.21. The molecule has 1 amide bonds. The molecule has 1 heterocycles. The van der Waals surface area contributed by atoms with Gasteiger partial charge in [0.25, 0.3) is 5.56 Å². The molecule has 180 valence electrons. The van der Waals surface area contributed by atoms with Crippen LogP contribution in [0.25, 0.3) is 10.9 Å². The van der Waals surface area contributed by atoms with Gasteiger partial charge in [-0.1, -0.05) is 60.3 Å². The third-order valence-electron chi connectivity index (χ3n) is 5.54. The van der Waals surface area contributed by atoms with E-state index in [4.69, 9.17) is 9.72 Å². The summed E-state index contributed by atoms with van der Waals surface area (Å²) in [7, 11) is 1.56. The Kier molecular flexibility index (Phi) is 7.84. The highest BCUT2D eigenvalue weighted by Crippen LogP contribution is 2.36. The van der Waals surface area contributed by atoms with Gasteiger partial charge in [0.05, 0.1) is 23.7 Å². The number of aryl methyl sites for hydroxylation is 1. The topological polar surface area (TPSA) is 93.5 Å². The van der Waals surface area contributed by atoms with Crippen LogP contribution in [0.15, 0.2) is 82.7 Å². The molecule has 0 bridgehead atoms. The van der Waals surface area contributed by atoms with Crippen molar-refractivity contribution in [2.45, 2.75) is 30.3 Å². The lowest BCUT2D eigenvalue weighted by molar-refractivity contribution is -0.115. The first-order valence-corrected chi connectivity index (χ1v) is 12.2. The standard InChI is InChI=1S/C27H27N3O4S/c1-18-13-14-23(34-2)22(17-18)28-25(32)24(19-9-4-3-5-10-19)35-27-29-21-12-7-6-11-20(21)26(33)30(27)15-8-16-31/h3-7,9-14,17,24,31H,8,15-16H2,1-2H3,(H,28,32)/t24-/m0/s1. The maximum absolute atomic E-state index is 13.6. The Morgan fingerprint density at radius 2 is 1.86 bits per heavy atom. The molecule has 0 unspecified atom stereocenters. The number of nitrogens with zero attached hydrogens (tertiary/aromatic N) is 2. The molecule has 7 nitrogen and oxygen atoms in total. The molecule has 1 atom stereocenters. The van der Waals surface area contributed by atoms with Gasteiger partial charge in [0.2, 0.25) is 5.91 Å². The third kappa shape index (κ3) is 5.55. The minimum atomic E-state index is -0.685. The fourth-order valence-corrected chi connectivity index (χ4v) is 4.91. The summed E-state index contributed by atoms with van der Waals surface area (Å²) in [4.78, 5) is 31.6. The number of para-hydroxylation sites is 1. The van der Waals surface area contributed by atoms with E-state index >= 15 is 0 Å². The van der Waals surface area contributed by atoms with Gasteiger partial charge >= 0.3 is 0 Å². The predicted molar refractivity (Wildman–Crippen MR) is 139 cm³/mol. The Morgan fingerprint density at radius 1 is 1.11 bits per heavy atom. The van der Waals surface area contributed by atoms with Gasteiger partial charge < -0.3 is 15.2 Å². The number of benzene rings is 3. The monoisotopic (exact) mass is 489 g/mol. The molecule has 8 heteroatoms. The largest absolute Gasteiger partial charge is 0.495 e. The van der Waals surface area contributed by atoms with Crippen LogP contribution < -0.4 is 15.6 Å². The highest BCUT2D eigenvalue weighted by Gasteiger charge is 2.26. The molecule has 35 heavy (non-hydrogen) atoms. The molecule has 3 aromatic carbocycles. The molecule has 2 N–H and O–H groups in total. The number of nitrogens with one attached hydrogen (secondary N) is 1. The Labute approximate surface area is 207 Å². The van der Waals surface area contributed by atoms with E-state index in [0.29, 0.717) is 40.5 Å². The minimum Gasteiger partial charge on any atom is -0.495 e. The lowest BCUT2D eigenvalue weighted by Gasteiger charge is -2.20. The van der Waals surface area contributed by atoms with E-state index in [9.17, 15) is 14.7 Å². The van der Waals surface area contributed by atoms with Crippen LogP contribution in [0.5, 0.6) is 5.75 Å². The summed E-state index contributed by atoms with van der Waals surface area (Å²) < 4.78 is 6.97. The second-order valence-corrected chi connectivity index (χ2v) is 9.12. The summed E-state index contributed by atoms with van der Waals surface area (Å²) in [6, 6.07) is 22.1. The Bertz CT molecular complexity index is 1390. The van der Waals surface area contributed by atoms with Crippen molar-refractivity contribution in [3.8, 4) is 5.75 Å². The number of thioether (sulfide) groups is 1. The van der Waals surface area contributed by atoms with E-state index in [2.05, 4.69) is 5.32 Å². The van der Waals surface area contributed by atoms with E-state index < -0.39 is 5.25 Å². The Morgan fingerprint density at radius 3 is 2.60 bits per heavy atom. The van der Waals surface area contributed by atoms with Gasteiger partial charge in [0.1, 0.15) is 11.0 Å². The fourth-order valence-electron chi connectivity index (χ4n) is 3.79. The van der Waals surface area contributed by atoms with Crippen LogP contribution >= 0.6 is 11.8 Å². The van der Waals surface area contributed by atoms with Gasteiger partial charge in [-0.2, -0.15) is 0 Å². The first-order valence-electron chi connectivity index (χ1n) is 11.3. The molecule has 4 aromatic rings. The van der Waals surface area contributed by atoms with Gasteiger partial charge in [-0.15, -0.1) is 0 Å². The molecule has 4 rings (SSSR count). The number of methoxy groups -OCH3 is 1. The summed E-state index contributed by atoms with van der Waals surface area (Å²) in [5.74, 6) is 0.297. The maximum atomic E-state index is 13.6. The van der Waals surface area contributed by atoms with Crippen molar-refractivity contribution in [2.24, 2.45) is 0 Å². The lowest BCUT2D eigenvalue weighted by atomic mass is 10.1. The van der Waals surface area contributed by atoms with Crippen LogP contribution in [0.3, 0.4) is 0 Å². The van der Waals surface area contributed by atoms with Crippen molar-refractivity contribution in [3.63, 3.8) is 0 Å². The number of aliphatic hydroxyl groups excluding tert-OH is 1. The van der Waals surface area contributed by atoms with E-state index in [0.717, 1.165) is 11.1 Å². The van der Waals surface area contributed by atoms with Crippen molar-refractivity contribution < 1.29 is 14.6 Å². The second-order valence-electron chi connectivity index (χ2n) is 8.05. The average molecular weight is 490 g/mol. The zero-order valence-electron chi connectivity index (χ0n) is 19.6. The summed E-state index contributed by atoms with van der Waals surface area (Å²) in [6.45, 7) is 2.18. The number of fused-ring (bicyclic) bond motifs is 1. The highest BCUT2D eigenvalue weighted by molar-refractivity contribution is 8.00. The normalized spacial score (nSPS) is 11.9. The molecular formula is C27H27N3O4S. The number of hydrogen-bond donors (Lipinski definition) is 2. The van der Waals surface area contributed by atoms with E-state index in [1.54, 1.807) is 29.9 Å². The zero-order chi connectivity index (χ0) is 24.8. The van der Waals surface area contributed by atoms with E-state index in [-0.39, 0.29) is 18.1 Å². The third-order valence-corrected chi connectivity index (χ3v) is 6.79. The quantitative estimate of drug-likeness (QED) is 0.264. The van der Waals surface area contributed by atoms with Crippen molar-refractivity contribution in [2.75, 3.05) is 19.0 Å². The molecule has 0 radical (unpaired) electrons. The fraction of sp³-hybridized carbons (Fsp3) is 0.222. The summed E-state index contributed by atoms with van der Waals surface area (Å²) in [6.07, 6.45) is 0.399. The number of aromatic nitrogens is 2. The van der Waals surface area contributed by atoms with E-state index in [1.807, 2.05) is 61.5 Å². The summed E-state index contributed by atoms with van der Waals surface area (Å²) in [5, 5.41) is 12.6. The summed E-state index contributed by atoms with van der Waals surface area (Å²) in [5.41, 5.74) is 2.70. The van der Waals surface area contributed by atoms with Crippen LogP contribution in [-0.2, 0) is 11.3 Å².